The second-order valence-corrected chi connectivity index (χ2v) is 4.14. The van der Waals surface area contributed by atoms with Crippen molar-refractivity contribution in [1.29, 1.82) is 0 Å². The van der Waals surface area contributed by atoms with E-state index < -0.39 is 0 Å². The number of hydrogen-bond acceptors (Lipinski definition) is 2. The monoisotopic (exact) mass is 208 g/mol. The Kier molecular flexibility index (Phi) is 6.17. The summed E-state index contributed by atoms with van der Waals surface area (Å²) in [6.45, 7) is 4.01. The largest absolute Gasteiger partial charge is 0.388 e. The van der Waals surface area contributed by atoms with E-state index in [0.717, 1.165) is 19.4 Å². The predicted molar refractivity (Wildman–Crippen MR) is 66.6 cm³/mol. The lowest BCUT2D eigenvalue weighted by Crippen LogP contribution is -2.20. The SMILES string of the molecule is CCCCCCNC1=C(CN)C=CCC1. The molecule has 2 heteroatoms. The molecule has 3 N–H and O–H groups in total. The molecule has 0 bridgehead atoms. The van der Waals surface area contributed by atoms with Crippen molar-refractivity contribution in [3.05, 3.63) is 23.4 Å². The van der Waals surface area contributed by atoms with E-state index >= 15 is 0 Å². The van der Waals surface area contributed by atoms with Gasteiger partial charge in [-0.2, -0.15) is 0 Å². The average Bonchev–Trinajstić information content (AvgIpc) is 2.29. The summed E-state index contributed by atoms with van der Waals surface area (Å²) >= 11 is 0. The Balaban J connectivity index is 2.23. The van der Waals surface area contributed by atoms with E-state index in [9.17, 15) is 0 Å². The quantitative estimate of drug-likeness (QED) is 0.631. The molecule has 1 rings (SSSR count). The van der Waals surface area contributed by atoms with Crippen molar-refractivity contribution >= 4 is 0 Å². The summed E-state index contributed by atoms with van der Waals surface area (Å²) in [4.78, 5) is 0. The van der Waals surface area contributed by atoms with Crippen LogP contribution in [0.3, 0.4) is 0 Å². The molecule has 86 valence electrons. The fraction of sp³-hybridized carbons (Fsp3) is 0.692. The summed E-state index contributed by atoms with van der Waals surface area (Å²) in [5.74, 6) is 0. The maximum atomic E-state index is 5.70. The Labute approximate surface area is 93.6 Å². The van der Waals surface area contributed by atoms with Crippen molar-refractivity contribution in [3.8, 4) is 0 Å². The number of nitrogens with one attached hydrogen (secondary N) is 1. The third-order valence-electron chi connectivity index (χ3n) is 2.86. The summed E-state index contributed by atoms with van der Waals surface area (Å²) in [6, 6.07) is 0. The van der Waals surface area contributed by atoms with E-state index in [1.54, 1.807) is 0 Å². The molecule has 0 aromatic heterocycles. The summed E-state index contributed by atoms with van der Waals surface area (Å²) < 4.78 is 0. The molecule has 0 aromatic rings. The average molecular weight is 208 g/mol. The number of hydrogen-bond donors (Lipinski definition) is 2. The maximum absolute atomic E-state index is 5.70. The first-order chi connectivity index (χ1) is 7.38. The number of unbranched alkanes of at least 4 members (excludes halogenated alkanes) is 3. The normalized spacial score (nSPS) is 15.9. The van der Waals surface area contributed by atoms with E-state index in [-0.39, 0.29) is 0 Å². The predicted octanol–water partition coefficient (Wildman–Crippen LogP) is 2.72. The van der Waals surface area contributed by atoms with Gasteiger partial charge in [-0.3, -0.25) is 0 Å². The third kappa shape index (κ3) is 4.52. The zero-order chi connectivity index (χ0) is 10.9. The lowest BCUT2D eigenvalue weighted by atomic mass is 10.0. The molecule has 0 saturated heterocycles. The van der Waals surface area contributed by atoms with Crippen LogP contribution in [0.15, 0.2) is 23.4 Å². The molecule has 0 heterocycles. The highest BCUT2D eigenvalue weighted by Gasteiger charge is 2.05. The molecule has 1 aliphatic rings. The third-order valence-corrected chi connectivity index (χ3v) is 2.86. The van der Waals surface area contributed by atoms with E-state index in [1.165, 1.54) is 37.0 Å². The maximum Gasteiger partial charge on any atom is 0.0195 e. The van der Waals surface area contributed by atoms with Gasteiger partial charge >= 0.3 is 0 Å². The van der Waals surface area contributed by atoms with Gasteiger partial charge in [0.2, 0.25) is 0 Å². The van der Waals surface area contributed by atoms with Gasteiger partial charge in [-0.15, -0.1) is 0 Å². The van der Waals surface area contributed by atoms with Crippen LogP contribution in [0.2, 0.25) is 0 Å². The zero-order valence-corrected chi connectivity index (χ0v) is 9.89. The van der Waals surface area contributed by atoms with Gasteiger partial charge in [0.1, 0.15) is 0 Å². The number of allylic oxidation sites excluding steroid dienone is 2. The molecule has 0 aliphatic heterocycles. The molecule has 0 amide bonds. The Morgan fingerprint density at radius 2 is 2.20 bits per heavy atom. The van der Waals surface area contributed by atoms with E-state index in [4.69, 9.17) is 5.73 Å². The van der Waals surface area contributed by atoms with Gasteiger partial charge in [0, 0.05) is 18.8 Å². The number of nitrogens with two attached hydrogens (primary N) is 1. The molecule has 0 radical (unpaired) electrons. The topological polar surface area (TPSA) is 38.0 Å². The molecule has 0 saturated carbocycles. The van der Waals surface area contributed by atoms with Crippen molar-refractivity contribution in [2.24, 2.45) is 5.73 Å². The highest BCUT2D eigenvalue weighted by Crippen LogP contribution is 2.15. The second-order valence-electron chi connectivity index (χ2n) is 4.14. The fourth-order valence-corrected chi connectivity index (χ4v) is 1.90. The van der Waals surface area contributed by atoms with Crippen molar-refractivity contribution in [1.82, 2.24) is 5.32 Å². The lowest BCUT2D eigenvalue weighted by molar-refractivity contribution is 0.621. The number of rotatable bonds is 7. The molecule has 15 heavy (non-hydrogen) atoms. The Morgan fingerprint density at radius 3 is 2.93 bits per heavy atom. The molecule has 1 aliphatic carbocycles. The zero-order valence-electron chi connectivity index (χ0n) is 9.89. The molecule has 0 aromatic carbocycles. The van der Waals surface area contributed by atoms with Gasteiger partial charge in [-0.1, -0.05) is 38.3 Å². The van der Waals surface area contributed by atoms with Gasteiger partial charge in [0.15, 0.2) is 0 Å². The highest BCUT2D eigenvalue weighted by molar-refractivity contribution is 5.29. The molecule has 2 nitrogen and oxygen atoms in total. The second kappa shape index (κ2) is 7.52. The Bertz CT molecular complexity index is 229. The molecule has 0 unspecified atom stereocenters. The molecule has 0 spiro atoms. The summed E-state index contributed by atoms with van der Waals surface area (Å²) in [5, 5.41) is 3.53. The van der Waals surface area contributed by atoms with Crippen molar-refractivity contribution in [2.45, 2.75) is 45.4 Å². The first kappa shape index (κ1) is 12.3. The van der Waals surface area contributed by atoms with E-state index in [1.807, 2.05) is 0 Å². The molecular weight excluding hydrogens is 184 g/mol. The van der Waals surface area contributed by atoms with Gasteiger partial charge in [-0.05, 0) is 24.8 Å². The van der Waals surface area contributed by atoms with Gasteiger partial charge in [0.25, 0.3) is 0 Å². The van der Waals surface area contributed by atoms with Gasteiger partial charge in [-0.25, -0.2) is 0 Å². The van der Waals surface area contributed by atoms with Crippen LogP contribution >= 0.6 is 0 Å². The smallest absolute Gasteiger partial charge is 0.0195 e. The molecule has 0 atom stereocenters. The van der Waals surface area contributed by atoms with Crippen molar-refractivity contribution in [2.75, 3.05) is 13.1 Å². The Hall–Kier alpha value is -0.760. The summed E-state index contributed by atoms with van der Waals surface area (Å²) in [7, 11) is 0. The van der Waals surface area contributed by atoms with Gasteiger partial charge < -0.3 is 11.1 Å². The van der Waals surface area contributed by atoms with Crippen molar-refractivity contribution in [3.63, 3.8) is 0 Å². The lowest BCUT2D eigenvalue weighted by Gasteiger charge is -2.17. The van der Waals surface area contributed by atoms with E-state index in [2.05, 4.69) is 24.4 Å². The minimum absolute atomic E-state index is 0.661. The molecular formula is C13H24N2. The van der Waals surface area contributed by atoms with Crippen LogP contribution in [0, 0.1) is 0 Å². The Morgan fingerprint density at radius 1 is 1.33 bits per heavy atom. The first-order valence-electron chi connectivity index (χ1n) is 6.21. The minimum atomic E-state index is 0.661. The standard InChI is InChI=1S/C13H24N2/c1-2-3-4-7-10-15-13-9-6-5-8-12(13)11-14/h5,8,15H,2-4,6-7,9-11,14H2,1H3. The summed E-state index contributed by atoms with van der Waals surface area (Å²) in [6.07, 6.45) is 11.9. The van der Waals surface area contributed by atoms with Crippen LogP contribution in [-0.2, 0) is 0 Å². The summed E-state index contributed by atoms with van der Waals surface area (Å²) in [5.41, 5.74) is 8.36. The van der Waals surface area contributed by atoms with E-state index in [0.29, 0.717) is 6.54 Å². The van der Waals surface area contributed by atoms with Crippen LogP contribution in [0.25, 0.3) is 0 Å². The minimum Gasteiger partial charge on any atom is -0.388 e. The van der Waals surface area contributed by atoms with Crippen LogP contribution in [0.5, 0.6) is 0 Å². The van der Waals surface area contributed by atoms with Crippen LogP contribution in [0.4, 0.5) is 0 Å². The highest BCUT2D eigenvalue weighted by atomic mass is 14.9. The van der Waals surface area contributed by atoms with Gasteiger partial charge in [0.05, 0.1) is 0 Å². The molecule has 0 fully saturated rings. The van der Waals surface area contributed by atoms with Crippen molar-refractivity contribution < 1.29 is 0 Å². The first-order valence-corrected chi connectivity index (χ1v) is 6.21. The van der Waals surface area contributed by atoms with Crippen LogP contribution in [-0.4, -0.2) is 13.1 Å². The van der Waals surface area contributed by atoms with Crippen LogP contribution < -0.4 is 11.1 Å². The van der Waals surface area contributed by atoms with Crippen LogP contribution in [0.1, 0.15) is 45.4 Å². The fourth-order valence-electron chi connectivity index (χ4n) is 1.90.